The number of nitrogen functional groups attached to an aromatic ring is 1. The van der Waals surface area contributed by atoms with E-state index in [-0.39, 0.29) is 24.0 Å². The Hall–Kier alpha value is -2.14. The maximum absolute atomic E-state index is 13.3. The van der Waals surface area contributed by atoms with Gasteiger partial charge in [-0.05, 0) is 18.2 Å². The maximum Gasteiger partial charge on any atom is 0.165 e. The van der Waals surface area contributed by atoms with Crippen molar-refractivity contribution in [1.29, 1.82) is 5.41 Å². The zero-order valence-corrected chi connectivity index (χ0v) is 10.1. The van der Waals surface area contributed by atoms with E-state index >= 15 is 0 Å². The van der Waals surface area contributed by atoms with E-state index in [1.54, 1.807) is 18.2 Å². The number of amidine groups is 1. The predicted octanol–water partition coefficient (Wildman–Crippen LogP) is 2.72. The number of hydrogen-bond donors (Lipinski definition) is 2. The highest BCUT2D eigenvalue weighted by atomic mass is 35.5. The monoisotopic (exact) mass is 267 g/mol. The van der Waals surface area contributed by atoms with E-state index in [1.165, 1.54) is 24.4 Å². The van der Waals surface area contributed by atoms with E-state index in [0.717, 1.165) is 0 Å². The van der Waals surface area contributed by atoms with Crippen LogP contribution in [0, 0.1) is 11.2 Å². The second kappa shape index (κ2) is 5.97. The molecule has 0 spiro atoms. The molecule has 0 saturated heterocycles. The summed E-state index contributed by atoms with van der Waals surface area (Å²) in [6.07, 6.45) is 1.45. The molecule has 0 aliphatic rings. The van der Waals surface area contributed by atoms with Gasteiger partial charge in [-0.1, -0.05) is 12.1 Å². The number of nitrogens with zero attached hydrogens (tertiary/aromatic N) is 1. The molecule has 1 heterocycles. The zero-order chi connectivity index (χ0) is 12.3. The summed E-state index contributed by atoms with van der Waals surface area (Å²) in [4.78, 5) is 3.88. The fourth-order valence-electron chi connectivity index (χ4n) is 1.28. The molecule has 1 aromatic heterocycles. The van der Waals surface area contributed by atoms with Gasteiger partial charge in [0.05, 0.1) is 0 Å². The van der Waals surface area contributed by atoms with Gasteiger partial charge >= 0.3 is 0 Å². The summed E-state index contributed by atoms with van der Waals surface area (Å²) in [5.74, 6) is -0.110. The highest BCUT2D eigenvalue weighted by molar-refractivity contribution is 5.93. The van der Waals surface area contributed by atoms with Crippen LogP contribution in [0.2, 0.25) is 0 Å². The number of aromatic nitrogens is 1. The molecule has 4 nitrogen and oxygen atoms in total. The number of ether oxygens (including phenoxy) is 1. The van der Waals surface area contributed by atoms with Crippen LogP contribution in [0.1, 0.15) is 5.69 Å². The van der Waals surface area contributed by atoms with Crippen LogP contribution in [0.25, 0.3) is 0 Å². The van der Waals surface area contributed by atoms with Crippen molar-refractivity contribution in [3.8, 4) is 11.5 Å². The molecule has 0 unspecified atom stereocenters. The summed E-state index contributed by atoms with van der Waals surface area (Å²) in [5, 5.41) is 7.24. The summed E-state index contributed by atoms with van der Waals surface area (Å²) < 4.78 is 18.7. The zero-order valence-electron chi connectivity index (χ0n) is 9.26. The Morgan fingerprint density at radius 3 is 2.67 bits per heavy atom. The van der Waals surface area contributed by atoms with E-state index in [1.807, 2.05) is 0 Å². The lowest BCUT2D eigenvalue weighted by atomic mass is 10.3. The summed E-state index contributed by atoms with van der Waals surface area (Å²) >= 11 is 0. The van der Waals surface area contributed by atoms with E-state index in [9.17, 15) is 4.39 Å². The number of hydrogen-bond acceptors (Lipinski definition) is 3. The number of nitrogens with two attached hydrogens (primary N) is 1. The van der Waals surface area contributed by atoms with Crippen LogP contribution in [-0.2, 0) is 0 Å². The highest BCUT2D eigenvalue weighted by Gasteiger charge is 2.05. The lowest BCUT2D eigenvalue weighted by molar-refractivity contribution is 0.441. The second-order valence-electron chi connectivity index (χ2n) is 3.32. The average molecular weight is 268 g/mol. The normalized spacial score (nSPS) is 9.39. The van der Waals surface area contributed by atoms with Gasteiger partial charge in [-0.25, -0.2) is 4.39 Å². The SMILES string of the molecule is Cl.N=C(N)c1cc(Oc2ccccc2F)ccn1. The Kier molecular flexibility index (Phi) is 4.62. The Morgan fingerprint density at radius 1 is 1.28 bits per heavy atom. The number of benzene rings is 1. The minimum Gasteiger partial charge on any atom is -0.454 e. The Labute approximate surface area is 110 Å². The van der Waals surface area contributed by atoms with Gasteiger partial charge in [-0.3, -0.25) is 10.4 Å². The van der Waals surface area contributed by atoms with Crippen LogP contribution in [0.5, 0.6) is 11.5 Å². The van der Waals surface area contributed by atoms with Gasteiger partial charge in [-0.15, -0.1) is 12.4 Å². The molecule has 0 aliphatic heterocycles. The lowest BCUT2D eigenvalue weighted by Gasteiger charge is -2.07. The van der Waals surface area contributed by atoms with Crippen LogP contribution >= 0.6 is 12.4 Å². The number of pyridine rings is 1. The van der Waals surface area contributed by atoms with Gasteiger partial charge in [0.2, 0.25) is 0 Å². The van der Waals surface area contributed by atoms with Crippen LogP contribution in [-0.4, -0.2) is 10.8 Å². The van der Waals surface area contributed by atoms with Crippen LogP contribution < -0.4 is 10.5 Å². The van der Waals surface area contributed by atoms with Crippen LogP contribution in [0.4, 0.5) is 4.39 Å². The van der Waals surface area contributed by atoms with Gasteiger partial charge in [0.1, 0.15) is 17.3 Å². The first-order chi connectivity index (χ1) is 8.16. The lowest BCUT2D eigenvalue weighted by Crippen LogP contribution is -2.12. The first kappa shape index (κ1) is 13.9. The molecule has 0 fully saturated rings. The molecule has 3 N–H and O–H groups in total. The van der Waals surface area contributed by atoms with E-state index in [4.69, 9.17) is 15.9 Å². The molecule has 0 aliphatic carbocycles. The number of para-hydroxylation sites is 1. The molecule has 2 aromatic rings. The molecule has 94 valence electrons. The van der Waals surface area contributed by atoms with Gasteiger partial charge in [0.15, 0.2) is 11.6 Å². The molecule has 0 radical (unpaired) electrons. The molecular weight excluding hydrogens is 257 g/mol. The van der Waals surface area contributed by atoms with Crippen molar-refractivity contribution in [3.63, 3.8) is 0 Å². The van der Waals surface area contributed by atoms with Gasteiger partial charge < -0.3 is 10.5 Å². The summed E-state index contributed by atoms with van der Waals surface area (Å²) in [6.45, 7) is 0. The standard InChI is InChI=1S/C12H10FN3O.ClH/c13-9-3-1-2-4-11(9)17-8-5-6-16-10(7-8)12(14)15;/h1-7H,(H3,14,15);1H. The smallest absolute Gasteiger partial charge is 0.165 e. The molecule has 2 rings (SSSR count). The molecule has 0 atom stereocenters. The quantitative estimate of drug-likeness (QED) is 0.663. The first-order valence-corrected chi connectivity index (χ1v) is 4.89. The molecule has 6 heteroatoms. The summed E-state index contributed by atoms with van der Waals surface area (Å²) in [5.41, 5.74) is 5.59. The highest BCUT2D eigenvalue weighted by Crippen LogP contribution is 2.23. The minimum atomic E-state index is -0.450. The van der Waals surface area contributed by atoms with Crippen molar-refractivity contribution < 1.29 is 9.13 Å². The fourth-order valence-corrected chi connectivity index (χ4v) is 1.28. The number of halogens is 2. The molecule has 1 aromatic carbocycles. The van der Waals surface area contributed by atoms with Crippen LogP contribution in [0.3, 0.4) is 0 Å². The molecule has 0 amide bonds. The van der Waals surface area contributed by atoms with Crippen molar-refractivity contribution in [2.24, 2.45) is 5.73 Å². The Balaban J connectivity index is 0.00000162. The van der Waals surface area contributed by atoms with Crippen molar-refractivity contribution >= 4 is 18.2 Å². The van der Waals surface area contributed by atoms with Gasteiger partial charge in [-0.2, -0.15) is 0 Å². The average Bonchev–Trinajstić information content (AvgIpc) is 2.32. The van der Waals surface area contributed by atoms with Crippen molar-refractivity contribution in [1.82, 2.24) is 4.98 Å². The summed E-state index contributed by atoms with van der Waals surface area (Å²) in [7, 11) is 0. The first-order valence-electron chi connectivity index (χ1n) is 4.89. The molecule has 0 saturated carbocycles. The number of nitrogens with one attached hydrogen (secondary N) is 1. The van der Waals surface area contributed by atoms with Gasteiger partial charge in [0, 0.05) is 12.3 Å². The Bertz CT molecular complexity index is 563. The maximum atomic E-state index is 13.3. The largest absolute Gasteiger partial charge is 0.454 e. The Morgan fingerprint density at radius 2 is 2.00 bits per heavy atom. The fraction of sp³-hybridized carbons (Fsp3) is 0. The topological polar surface area (TPSA) is 72.0 Å². The predicted molar refractivity (Wildman–Crippen MR) is 69.0 cm³/mol. The summed E-state index contributed by atoms with van der Waals surface area (Å²) in [6, 6.07) is 9.13. The third-order valence-electron chi connectivity index (χ3n) is 2.07. The third kappa shape index (κ3) is 3.18. The van der Waals surface area contributed by atoms with Gasteiger partial charge in [0.25, 0.3) is 0 Å². The van der Waals surface area contributed by atoms with Crippen molar-refractivity contribution in [3.05, 3.63) is 54.1 Å². The molecule has 18 heavy (non-hydrogen) atoms. The van der Waals surface area contributed by atoms with E-state index in [0.29, 0.717) is 11.4 Å². The van der Waals surface area contributed by atoms with Crippen molar-refractivity contribution in [2.75, 3.05) is 0 Å². The third-order valence-corrected chi connectivity index (χ3v) is 2.07. The van der Waals surface area contributed by atoms with E-state index < -0.39 is 5.82 Å². The van der Waals surface area contributed by atoms with Crippen LogP contribution in [0.15, 0.2) is 42.6 Å². The molecule has 0 bridgehead atoms. The number of rotatable bonds is 3. The second-order valence-corrected chi connectivity index (χ2v) is 3.32. The van der Waals surface area contributed by atoms with E-state index in [2.05, 4.69) is 4.98 Å². The van der Waals surface area contributed by atoms with Crippen molar-refractivity contribution in [2.45, 2.75) is 0 Å². The molecular formula is C12H11ClFN3O. The minimum absolute atomic E-state index is 0.